The summed E-state index contributed by atoms with van der Waals surface area (Å²) in [4.78, 5) is 4.45. The fourth-order valence-electron chi connectivity index (χ4n) is 2.29. The smallest absolute Gasteiger partial charge is 0.191 e. The van der Waals surface area contributed by atoms with E-state index in [2.05, 4.69) is 20.7 Å². The van der Waals surface area contributed by atoms with E-state index in [0.29, 0.717) is 47.0 Å². The number of hydrogen-bond donors (Lipinski definition) is 3. The van der Waals surface area contributed by atoms with Gasteiger partial charge in [0.15, 0.2) is 5.96 Å². The number of halogens is 3. The largest absolute Gasteiger partial charge is 0.490 e. The van der Waals surface area contributed by atoms with Gasteiger partial charge in [0.1, 0.15) is 23.0 Å². The van der Waals surface area contributed by atoms with Crippen molar-refractivity contribution >= 4 is 53.1 Å². The van der Waals surface area contributed by atoms with Gasteiger partial charge in [-0.1, -0.05) is 29.3 Å². The van der Waals surface area contributed by atoms with Crippen LogP contribution in [-0.2, 0) is 12.6 Å². The van der Waals surface area contributed by atoms with Crippen LogP contribution in [0.5, 0.6) is 5.75 Å². The van der Waals surface area contributed by atoms with E-state index in [9.17, 15) is 5.11 Å². The second-order valence-corrected chi connectivity index (χ2v) is 6.98. The van der Waals surface area contributed by atoms with Crippen LogP contribution in [-0.4, -0.2) is 47.1 Å². The average Bonchev–Trinajstić information content (AvgIpc) is 3.07. The van der Waals surface area contributed by atoms with Crippen LogP contribution in [0.4, 0.5) is 0 Å². The zero-order valence-corrected chi connectivity index (χ0v) is 19.9. The molecule has 0 aliphatic carbocycles. The minimum absolute atomic E-state index is 0. The van der Waals surface area contributed by atoms with Gasteiger partial charge in [-0.25, -0.2) is 4.99 Å². The Morgan fingerprint density at radius 3 is 2.75 bits per heavy atom. The van der Waals surface area contributed by atoms with Crippen molar-refractivity contribution < 1.29 is 9.84 Å². The summed E-state index contributed by atoms with van der Waals surface area (Å²) in [7, 11) is 1.81. The Morgan fingerprint density at radius 1 is 1.36 bits per heavy atom. The number of aliphatic imine (C=N–C) groups is 1. The highest BCUT2D eigenvalue weighted by molar-refractivity contribution is 14.0. The maximum atomic E-state index is 10.6. The highest BCUT2D eigenvalue weighted by atomic mass is 127. The summed E-state index contributed by atoms with van der Waals surface area (Å²) < 4.78 is 7.29. The van der Waals surface area contributed by atoms with Crippen LogP contribution in [0.1, 0.15) is 19.4 Å². The van der Waals surface area contributed by atoms with Gasteiger partial charge in [0.25, 0.3) is 0 Å². The summed E-state index contributed by atoms with van der Waals surface area (Å²) in [6, 6.07) is 5.25. The van der Waals surface area contributed by atoms with E-state index in [1.807, 2.05) is 6.92 Å². The Bertz CT molecular complexity index is 783. The van der Waals surface area contributed by atoms with Gasteiger partial charge in [-0.2, -0.15) is 5.10 Å². The predicted octanol–water partition coefficient (Wildman–Crippen LogP) is 3.19. The highest BCUT2D eigenvalue weighted by Gasteiger charge is 2.24. The fourth-order valence-corrected chi connectivity index (χ4v) is 2.64. The molecule has 0 radical (unpaired) electrons. The van der Waals surface area contributed by atoms with Crippen molar-refractivity contribution in [1.29, 1.82) is 0 Å². The van der Waals surface area contributed by atoms with E-state index in [0.717, 1.165) is 0 Å². The minimum atomic E-state index is -1.11. The number of hydrogen-bond acceptors (Lipinski definition) is 4. The molecule has 0 bridgehead atoms. The van der Waals surface area contributed by atoms with E-state index in [-0.39, 0.29) is 30.5 Å². The molecule has 1 heterocycles. The molecule has 156 valence electrons. The molecule has 10 heteroatoms. The van der Waals surface area contributed by atoms with Crippen molar-refractivity contribution in [3.05, 3.63) is 46.2 Å². The van der Waals surface area contributed by atoms with Crippen LogP contribution >= 0.6 is 47.2 Å². The van der Waals surface area contributed by atoms with Crippen molar-refractivity contribution in [2.75, 3.05) is 26.2 Å². The predicted molar refractivity (Wildman–Crippen MR) is 124 cm³/mol. The first-order valence-corrected chi connectivity index (χ1v) is 9.39. The molecule has 2 aromatic rings. The molecule has 0 fully saturated rings. The van der Waals surface area contributed by atoms with Crippen LogP contribution in [0.15, 0.2) is 35.6 Å². The number of guanidine groups is 1. The molecule has 0 spiro atoms. The normalized spacial score (nSPS) is 13.4. The second-order valence-electron chi connectivity index (χ2n) is 6.20. The second kappa shape index (κ2) is 11.7. The summed E-state index contributed by atoms with van der Waals surface area (Å²) in [5.41, 5.74) is -0.398. The van der Waals surface area contributed by atoms with Crippen molar-refractivity contribution in [2.45, 2.75) is 19.4 Å². The summed E-state index contributed by atoms with van der Waals surface area (Å²) in [5.74, 6) is 1.12. The first-order chi connectivity index (χ1) is 12.8. The molecule has 28 heavy (non-hydrogen) atoms. The van der Waals surface area contributed by atoms with E-state index >= 15 is 0 Å². The van der Waals surface area contributed by atoms with Gasteiger partial charge in [-0.15, -0.1) is 24.0 Å². The van der Waals surface area contributed by atoms with Gasteiger partial charge in [-0.3, -0.25) is 4.68 Å². The van der Waals surface area contributed by atoms with Crippen molar-refractivity contribution in [1.82, 2.24) is 20.4 Å². The molecule has 0 aliphatic rings. The molecule has 0 aliphatic heterocycles. The number of nitrogens with one attached hydrogen (secondary N) is 2. The molecule has 1 aromatic carbocycles. The molecular weight excluding hydrogens is 516 g/mol. The molecule has 1 aromatic heterocycles. The zero-order valence-electron chi connectivity index (χ0n) is 16.1. The summed E-state index contributed by atoms with van der Waals surface area (Å²) in [6.45, 7) is 5.45. The van der Waals surface area contributed by atoms with Crippen LogP contribution in [0.3, 0.4) is 0 Å². The first kappa shape index (κ1) is 24.8. The Kier molecular flexibility index (Phi) is 10.4. The lowest BCUT2D eigenvalue weighted by Crippen LogP contribution is -2.40. The lowest BCUT2D eigenvalue weighted by atomic mass is 10.0. The first-order valence-electron chi connectivity index (χ1n) is 8.64. The van der Waals surface area contributed by atoms with Crippen molar-refractivity contribution in [3.8, 4) is 5.75 Å². The third-order valence-electron chi connectivity index (χ3n) is 3.78. The zero-order chi connectivity index (χ0) is 19.9. The molecule has 0 saturated carbocycles. The summed E-state index contributed by atoms with van der Waals surface area (Å²) in [5, 5.41) is 21.9. The minimum Gasteiger partial charge on any atom is -0.490 e. The van der Waals surface area contributed by atoms with E-state index in [1.165, 1.54) is 0 Å². The molecule has 3 N–H and O–H groups in total. The molecular formula is C18H26Cl2IN5O2. The van der Waals surface area contributed by atoms with Crippen LogP contribution in [0, 0.1) is 0 Å². The van der Waals surface area contributed by atoms with Gasteiger partial charge >= 0.3 is 0 Å². The molecule has 0 amide bonds. The van der Waals surface area contributed by atoms with Gasteiger partial charge in [0, 0.05) is 25.4 Å². The molecule has 2 rings (SSSR count). The lowest BCUT2D eigenvalue weighted by molar-refractivity contribution is 0.0672. The maximum absolute atomic E-state index is 10.6. The third-order valence-corrected chi connectivity index (χ3v) is 4.59. The summed E-state index contributed by atoms with van der Waals surface area (Å²) in [6.07, 6.45) is 3.41. The van der Waals surface area contributed by atoms with Crippen LogP contribution in [0.25, 0.3) is 0 Å². The molecule has 0 saturated heterocycles. The Balaban J connectivity index is 0.00000392. The molecule has 1 atom stereocenters. The number of ether oxygens (including phenoxy) is 1. The fraction of sp³-hybridized carbons (Fsp3) is 0.444. The Hall–Kier alpha value is -1.23. The Labute approximate surface area is 192 Å². The SMILES string of the molecule is CCNC(=NCC(C)(O)c1cnn(C)c1)NCCOc1cccc(Cl)c1Cl.I. The average molecular weight is 542 g/mol. The van der Waals surface area contributed by atoms with Gasteiger partial charge in [0.2, 0.25) is 0 Å². The van der Waals surface area contributed by atoms with E-state index in [4.69, 9.17) is 27.9 Å². The molecule has 7 nitrogen and oxygen atoms in total. The number of rotatable bonds is 8. The standard InChI is InChI=1S/C18H25Cl2N5O2.HI/c1-4-21-17(23-12-18(2,26)13-10-24-25(3)11-13)22-8-9-27-15-7-5-6-14(19)16(15)20;/h5-7,10-11,26H,4,8-9,12H2,1-3H3,(H2,21,22,23);1H. The van der Waals surface area contributed by atoms with Gasteiger partial charge in [0.05, 0.1) is 24.3 Å². The van der Waals surface area contributed by atoms with Gasteiger partial charge in [-0.05, 0) is 26.0 Å². The summed E-state index contributed by atoms with van der Waals surface area (Å²) >= 11 is 12.1. The maximum Gasteiger partial charge on any atom is 0.191 e. The van der Waals surface area contributed by atoms with Crippen LogP contribution in [0.2, 0.25) is 10.0 Å². The highest BCUT2D eigenvalue weighted by Crippen LogP contribution is 2.31. The molecule has 1 unspecified atom stereocenters. The van der Waals surface area contributed by atoms with Crippen molar-refractivity contribution in [3.63, 3.8) is 0 Å². The van der Waals surface area contributed by atoms with Crippen LogP contribution < -0.4 is 15.4 Å². The van der Waals surface area contributed by atoms with E-state index < -0.39 is 5.60 Å². The number of benzene rings is 1. The topological polar surface area (TPSA) is 83.7 Å². The number of aryl methyl sites for hydroxylation is 1. The quantitative estimate of drug-likeness (QED) is 0.207. The monoisotopic (exact) mass is 541 g/mol. The van der Waals surface area contributed by atoms with Gasteiger partial charge < -0.3 is 20.5 Å². The lowest BCUT2D eigenvalue weighted by Gasteiger charge is -2.20. The number of nitrogens with zero attached hydrogens (tertiary/aromatic N) is 3. The number of aliphatic hydroxyl groups is 1. The Morgan fingerprint density at radius 2 is 2.11 bits per heavy atom. The number of aromatic nitrogens is 2. The van der Waals surface area contributed by atoms with E-state index in [1.54, 1.807) is 49.2 Å². The third kappa shape index (κ3) is 7.31. The van der Waals surface area contributed by atoms with Crippen molar-refractivity contribution in [2.24, 2.45) is 12.0 Å².